The van der Waals surface area contributed by atoms with Crippen LogP contribution in [0.1, 0.15) is 24.0 Å². The fraction of sp³-hybridized carbons (Fsp3) is 0.450. The zero-order valence-corrected chi connectivity index (χ0v) is 15.8. The second-order valence-electron chi connectivity index (χ2n) is 6.91. The Morgan fingerprint density at radius 1 is 1.14 bits per heavy atom. The van der Waals surface area contributed by atoms with Gasteiger partial charge in [-0.05, 0) is 31.0 Å². The van der Waals surface area contributed by atoms with Gasteiger partial charge >= 0.3 is 0 Å². The Morgan fingerprint density at radius 3 is 2.75 bits per heavy atom. The first kappa shape index (κ1) is 18.6. The molecule has 1 atom stereocenters. The van der Waals surface area contributed by atoms with Gasteiger partial charge < -0.3 is 24.8 Å². The van der Waals surface area contributed by atoms with E-state index in [2.05, 4.69) is 14.9 Å². The number of nitrogens with two attached hydrogens (primary N) is 1. The van der Waals surface area contributed by atoms with Crippen molar-refractivity contribution in [3.05, 3.63) is 41.7 Å². The van der Waals surface area contributed by atoms with Gasteiger partial charge in [-0.1, -0.05) is 0 Å². The molecule has 2 aromatic rings. The molecule has 8 heteroatoms. The van der Waals surface area contributed by atoms with E-state index >= 15 is 0 Å². The molecule has 2 aliphatic heterocycles. The first-order valence-corrected chi connectivity index (χ1v) is 9.59. The van der Waals surface area contributed by atoms with Crippen LogP contribution in [0.25, 0.3) is 0 Å². The molecule has 0 aliphatic carbocycles. The number of nitrogens with one attached hydrogen (secondary N) is 1. The lowest BCUT2D eigenvalue weighted by Gasteiger charge is -2.28. The van der Waals surface area contributed by atoms with Gasteiger partial charge in [-0.2, -0.15) is 0 Å². The van der Waals surface area contributed by atoms with Crippen molar-refractivity contribution in [2.45, 2.75) is 18.9 Å². The zero-order valence-electron chi connectivity index (χ0n) is 15.8. The third-order valence-electron chi connectivity index (χ3n) is 4.96. The predicted molar refractivity (Wildman–Crippen MR) is 106 cm³/mol. The SMILES string of the molecule is N=C(c1ccnc(N2CCOCC2)c1)c1c(N)ccnc1OC1CCCOC1. The maximum absolute atomic E-state index is 8.78. The molecule has 0 amide bonds. The molecule has 2 fully saturated rings. The number of hydrogen-bond acceptors (Lipinski definition) is 8. The molecular formula is C20H25N5O3. The standard InChI is InChI=1S/C20H25N5O3/c21-16-4-6-24-20(28-15-2-1-9-27-13-15)18(16)19(22)14-3-5-23-17(12-14)25-7-10-26-11-8-25/h3-6,12,15,22H,1-2,7-11,13H2,(H2,21,24). The Hall–Kier alpha value is -2.71. The van der Waals surface area contributed by atoms with Crippen LogP contribution in [0.5, 0.6) is 5.88 Å². The smallest absolute Gasteiger partial charge is 0.225 e. The Balaban J connectivity index is 1.60. The molecule has 2 aliphatic rings. The highest BCUT2D eigenvalue weighted by atomic mass is 16.5. The molecular weight excluding hydrogens is 358 g/mol. The summed E-state index contributed by atoms with van der Waals surface area (Å²) in [7, 11) is 0. The molecule has 8 nitrogen and oxygen atoms in total. The molecule has 2 aromatic heterocycles. The second-order valence-corrected chi connectivity index (χ2v) is 6.91. The number of aromatic nitrogens is 2. The van der Waals surface area contributed by atoms with E-state index in [0.717, 1.165) is 43.9 Å². The van der Waals surface area contributed by atoms with Gasteiger partial charge in [0.15, 0.2) is 0 Å². The van der Waals surface area contributed by atoms with Crippen molar-refractivity contribution in [1.29, 1.82) is 5.41 Å². The minimum absolute atomic E-state index is 0.0732. The van der Waals surface area contributed by atoms with E-state index in [-0.39, 0.29) is 11.8 Å². The molecule has 2 saturated heterocycles. The zero-order chi connectivity index (χ0) is 19.3. The summed E-state index contributed by atoms with van der Waals surface area (Å²) in [5.74, 6) is 1.21. The van der Waals surface area contributed by atoms with Gasteiger partial charge in [-0.25, -0.2) is 9.97 Å². The Morgan fingerprint density at radius 2 is 1.96 bits per heavy atom. The number of ether oxygens (including phenoxy) is 3. The Labute approximate surface area is 164 Å². The molecule has 0 saturated carbocycles. The number of morpholine rings is 1. The van der Waals surface area contributed by atoms with Crippen molar-refractivity contribution in [2.75, 3.05) is 50.2 Å². The van der Waals surface area contributed by atoms with Crippen molar-refractivity contribution < 1.29 is 14.2 Å². The van der Waals surface area contributed by atoms with Gasteiger partial charge in [0.2, 0.25) is 5.88 Å². The average molecular weight is 383 g/mol. The number of hydrogen-bond donors (Lipinski definition) is 2. The van der Waals surface area contributed by atoms with Crippen molar-refractivity contribution in [2.24, 2.45) is 0 Å². The van der Waals surface area contributed by atoms with E-state index in [1.54, 1.807) is 18.5 Å². The van der Waals surface area contributed by atoms with Crippen molar-refractivity contribution in [3.8, 4) is 5.88 Å². The molecule has 148 valence electrons. The van der Waals surface area contributed by atoms with Gasteiger partial charge in [-0.15, -0.1) is 0 Å². The highest BCUT2D eigenvalue weighted by molar-refractivity contribution is 6.15. The van der Waals surface area contributed by atoms with Gasteiger partial charge in [0.1, 0.15) is 11.9 Å². The Kier molecular flexibility index (Phi) is 5.68. The van der Waals surface area contributed by atoms with E-state index in [0.29, 0.717) is 37.0 Å². The highest BCUT2D eigenvalue weighted by Crippen LogP contribution is 2.28. The van der Waals surface area contributed by atoms with Crippen LogP contribution in [0, 0.1) is 5.41 Å². The van der Waals surface area contributed by atoms with Gasteiger partial charge in [0, 0.05) is 43.3 Å². The summed E-state index contributed by atoms with van der Waals surface area (Å²) in [6.07, 6.45) is 5.11. The van der Waals surface area contributed by atoms with E-state index < -0.39 is 0 Å². The lowest BCUT2D eigenvalue weighted by molar-refractivity contribution is 0.00545. The van der Waals surface area contributed by atoms with Gasteiger partial charge in [0.05, 0.1) is 31.1 Å². The lowest BCUT2D eigenvalue weighted by atomic mass is 10.0. The molecule has 0 radical (unpaired) electrons. The predicted octanol–water partition coefficient (Wildman–Crippen LogP) is 1.87. The normalized spacial score (nSPS) is 20.0. The van der Waals surface area contributed by atoms with E-state index in [1.807, 2.05) is 12.1 Å². The van der Waals surface area contributed by atoms with Crippen LogP contribution in [-0.4, -0.2) is 61.3 Å². The third-order valence-corrected chi connectivity index (χ3v) is 4.96. The van der Waals surface area contributed by atoms with Crippen LogP contribution >= 0.6 is 0 Å². The summed E-state index contributed by atoms with van der Waals surface area (Å²) in [5.41, 5.74) is 8.18. The van der Waals surface area contributed by atoms with Crippen molar-refractivity contribution >= 4 is 17.2 Å². The molecule has 1 unspecified atom stereocenters. The molecule has 3 N–H and O–H groups in total. The quantitative estimate of drug-likeness (QED) is 0.759. The molecule has 0 spiro atoms. The molecule has 0 aromatic carbocycles. The van der Waals surface area contributed by atoms with Gasteiger partial charge in [-0.3, -0.25) is 5.41 Å². The fourth-order valence-corrected chi connectivity index (χ4v) is 3.44. The molecule has 0 bridgehead atoms. The number of rotatable bonds is 5. The van der Waals surface area contributed by atoms with Crippen LogP contribution in [0.4, 0.5) is 11.5 Å². The summed E-state index contributed by atoms with van der Waals surface area (Å²) in [5, 5.41) is 8.78. The largest absolute Gasteiger partial charge is 0.471 e. The van der Waals surface area contributed by atoms with E-state index in [4.69, 9.17) is 25.4 Å². The summed E-state index contributed by atoms with van der Waals surface area (Å²) < 4.78 is 17.0. The minimum Gasteiger partial charge on any atom is -0.471 e. The van der Waals surface area contributed by atoms with Crippen LogP contribution < -0.4 is 15.4 Å². The second kappa shape index (κ2) is 8.53. The molecule has 4 heterocycles. The van der Waals surface area contributed by atoms with Crippen LogP contribution in [0.2, 0.25) is 0 Å². The molecule has 28 heavy (non-hydrogen) atoms. The highest BCUT2D eigenvalue weighted by Gasteiger charge is 2.22. The summed E-state index contributed by atoms with van der Waals surface area (Å²) in [4.78, 5) is 11.0. The van der Waals surface area contributed by atoms with E-state index in [9.17, 15) is 0 Å². The summed E-state index contributed by atoms with van der Waals surface area (Å²) in [6.45, 7) is 4.22. The van der Waals surface area contributed by atoms with E-state index in [1.165, 1.54) is 0 Å². The average Bonchev–Trinajstić information content (AvgIpc) is 2.75. The topological polar surface area (TPSA) is 107 Å². The number of pyridine rings is 2. The van der Waals surface area contributed by atoms with Crippen LogP contribution in [0.3, 0.4) is 0 Å². The van der Waals surface area contributed by atoms with Crippen LogP contribution in [0.15, 0.2) is 30.6 Å². The number of nitrogen functional groups attached to an aromatic ring is 1. The first-order chi connectivity index (χ1) is 13.7. The number of nitrogens with zero attached hydrogens (tertiary/aromatic N) is 3. The molecule has 4 rings (SSSR count). The summed E-state index contributed by atoms with van der Waals surface area (Å²) >= 11 is 0. The third kappa shape index (κ3) is 4.07. The number of anilines is 2. The first-order valence-electron chi connectivity index (χ1n) is 9.59. The van der Waals surface area contributed by atoms with Crippen LogP contribution in [-0.2, 0) is 9.47 Å². The monoisotopic (exact) mass is 383 g/mol. The maximum atomic E-state index is 8.78. The lowest BCUT2D eigenvalue weighted by Crippen LogP contribution is -2.36. The van der Waals surface area contributed by atoms with Crippen molar-refractivity contribution in [1.82, 2.24) is 9.97 Å². The summed E-state index contributed by atoms with van der Waals surface area (Å²) in [6, 6.07) is 5.41. The fourth-order valence-electron chi connectivity index (χ4n) is 3.44. The van der Waals surface area contributed by atoms with Gasteiger partial charge in [0.25, 0.3) is 0 Å². The van der Waals surface area contributed by atoms with Crippen molar-refractivity contribution in [3.63, 3.8) is 0 Å². The Bertz CT molecular complexity index is 832. The minimum atomic E-state index is -0.0732. The maximum Gasteiger partial charge on any atom is 0.225 e.